The van der Waals surface area contributed by atoms with Crippen molar-refractivity contribution in [1.82, 2.24) is 15.5 Å². The number of hydrogen-bond acceptors (Lipinski definition) is 6. The van der Waals surface area contributed by atoms with Gasteiger partial charge in [-0.05, 0) is 31.4 Å². The van der Waals surface area contributed by atoms with Gasteiger partial charge in [0.2, 0.25) is 5.91 Å². The Morgan fingerprint density at radius 2 is 2.04 bits per heavy atom. The van der Waals surface area contributed by atoms with Gasteiger partial charge in [0.15, 0.2) is 0 Å². The number of nitrogens with zero attached hydrogens (tertiary/aromatic N) is 2. The molecule has 6 nitrogen and oxygen atoms in total. The molecular formula is C19H19N3O3S. The molecule has 0 aliphatic heterocycles. The lowest BCUT2D eigenvalue weighted by Gasteiger charge is -2.16. The lowest BCUT2D eigenvalue weighted by atomic mass is 9.96. The minimum atomic E-state index is -0.0311. The molecule has 0 bridgehead atoms. The van der Waals surface area contributed by atoms with Crippen LogP contribution in [0.5, 0.6) is 0 Å². The fraction of sp³-hybridized carbons (Fsp3) is 0.316. The molecule has 3 aromatic rings. The quantitative estimate of drug-likeness (QED) is 0.641. The van der Waals surface area contributed by atoms with Crippen molar-refractivity contribution in [1.29, 1.82) is 0 Å². The minimum absolute atomic E-state index is 0.0311. The van der Waals surface area contributed by atoms with E-state index in [9.17, 15) is 4.79 Å². The van der Waals surface area contributed by atoms with Crippen molar-refractivity contribution < 1.29 is 13.6 Å². The van der Waals surface area contributed by atoms with Gasteiger partial charge in [-0.3, -0.25) is 4.79 Å². The van der Waals surface area contributed by atoms with E-state index in [-0.39, 0.29) is 17.1 Å². The monoisotopic (exact) mass is 369 g/mol. The summed E-state index contributed by atoms with van der Waals surface area (Å²) < 4.78 is 10.8. The van der Waals surface area contributed by atoms with Gasteiger partial charge in [-0.1, -0.05) is 42.1 Å². The average molecular weight is 369 g/mol. The number of thioether (sulfide) groups is 1. The SMILES string of the molecule is Cc1occc1-c1nnc(SCC(=O)NCC2(c3ccccc3)CC2)o1. The molecule has 4 rings (SSSR count). The van der Waals surface area contributed by atoms with Gasteiger partial charge >= 0.3 is 0 Å². The van der Waals surface area contributed by atoms with Gasteiger partial charge in [-0.25, -0.2) is 0 Å². The smallest absolute Gasteiger partial charge is 0.277 e. The maximum atomic E-state index is 12.2. The average Bonchev–Trinajstić information content (AvgIpc) is 3.10. The number of hydrogen-bond donors (Lipinski definition) is 1. The predicted molar refractivity (Wildman–Crippen MR) is 97.8 cm³/mol. The van der Waals surface area contributed by atoms with E-state index in [1.807, 2.05) is 25.1 Å². The van der Waals surface area contributed by atoms with E-state index in [0.717, 1.165) is 24.2 Å². The lowest BCUT2D eigenvalue weighted by Crippen LogP contribution is -2.33. The van der Waals surface area contributed by atoms with Crippen molar-refractivity contribution >= 4 is 17.7 Å². The summed E-state index contributed by atoms with van der Waals surface area (Å²) in [5, 5.41) is 11.4. The molecule has 134 valence electrons. The molecular weight excluding hydrogens is 350 g/mol. The number of rotatable bonds is 7. The van der Waals surface area contributed by atoms with Gasteiger partial charge in [0.1, 0.15) is 5.76 Å². The highest BCUT2D eigenvalue weighted by atomic mass is 32.2. The molecule has 1 amide bonds. The second kappa shape index (κ2) is 6.99. The van der Waals surface area contributed by atoms with Crippen LogP contribution in [0.3, 0.4) is 0 Å². The molecule has 1 saturated carbocycles. The van der Waals surface area contributed by atoms with Crippen LogP contribution < -0.4 is 5.32 Å². The molecule has 26 heavy (non-hydrogen) atoms. The highest BCUT2D eigenvalue weighted by Gasteiger charge is 2.44. The van der Waals surface area contributed by atoms with Gasteiger partial charge in [-0.2, -0.15) is 0 Å². The molecule has 1 aliphatic carbocycles. The Morgan fingerprint density at radius 1 is 1.23 bits per heavy atom. The highest BCUT2D eigenvalue weighted by molar-refractivity contribution is 7.99. The summed E-state index contributed by atoms with van der Waals surface area (Å²) in [6.07, 6.45) is 3.80. The Morgan fingerprint density at radius 3 is 2.73 bits per heavy atom. The summed E-state index contributed by atoms with van der Waals surface area (Å²) in [4.78, 5) is 12.2. The molecule has 0 unspecified atom stereocenters. The van der Waals surface area contributed by atoms with Crippen molar-refractivity contribution in [2.75, 3.05) is 12.3 Å². The van der Waals surface area contributed by atoms with E-state index in [2.05, 4.69) is 27.6 Å². The summed E-state index contributed by atoms with van der Waals surface area (Å²) in [7, 11) is 0. The number of nitrogens with one attached hydrogen (secondary N) is 1. The Labute approximate surface area is 155 Å². The van der Waals surface area contributed by atoms with Crippen LogP contribution in [0.25, 0.3) is 11.5 Å². The predicted octanol–water partition coefficient (Wildman–Crippen LogP) is 3.58. The molecule has 1 aliphatic rings. The first-order valence-electron chi connectivity index (χ1n) is 8.49. The molecule has 1 aromatic carbocycles. The molecule has 7 heteroatoms. The number of furan rings is 1. The van der Waals surface area contributed by atoms with Crippen LogP contribution in [0.15, 0.2) is 56.7 Å². The van der Waals surface area contributed by atoms with Gasteiger partial charge in [0.25, 0.3) is 11.1 Å². The number of aryl methyl sites for hydroxylation is 1. The second-order valence-electron chi connectivity index (χ2n) is 6.48. The second-order valence-corrected chi connectivity index (χ2v) is 7.40. The molecule has 0 atom stereocenters. The standard InChI is InChI=1S/C19H19N3O3S/c1-13-15(7-10-24-13)17-21-22-18(25-17)26-11-16(23)20-12-19(8-9-19)14-5-3-2-4-6-14/h2-7,10H,8-9,11-12H2,1H3,(H,20,23). The summed E-state index contributed by atoms with van der Waals surface area (Å²) in [5.41, 5.74) is 2.18. The third kappa shape index (κ3) is 3.53. The van der Waals surface area contributed by atoms with Crippen molar-refractivity contribution in [2.45, 2.75) is 30.4 Å². The van der Waals surface area contributed by atoms with Crippen LogP contribution in [-0.2, 0) is 10.2 Å². The van der Waals surface area contributed by atoms with E-state index < -0.39 is 0 Å². The number of benzene rings is 1. The van der Waals surface area contributed by atoms with E-state index in [1.165, 1.54) is 17.3 Å². The summed E-state index contributed by atoms with van der Waals surface area (Å²) in [6, 6.07) is 12.1. The van der Waals surface area contributed by atoms with E-state index >= 15 is 0 Å². The summed E-state index contributed by atoms with van der Waals surface area (Å²) in [6.45, 7) is 2.50. The van der Waals surface area contributed by atoms with Crippen molar-refractivity contribution in [2.24, 2.45) is 0 Å². The topological polar surface area (TPSA) is 81.2 Å². The van der Waals surface area contributed by atoms with Gasteiger partial charge in [0.05, 0.1) is 17.6 Å². The Hall–Kier alpha value is -2.54. The third-order valence-electron chi connectivity index (χ3n) is 4.69. The molecule has 2 aromatic heterocycles. The number of amides is 1. The van der Waals surface area contributed by atoms with Crippen LogP contribution in [0.2, 0.25) is 0 Å². The molecule has 0 radical (unpaired) electrons. The fourth-order valence-corrected chi connectivity index (χ4v) is 3.53. The molecule has 0 saturated heterocycles. The van der Waals surface area contributed by atoms with Crippen molar-refractivity contribution in [3.05, 3.63) is 54.0 Å². The molecule has 1 fully saturated rings. The highest BCUT2D eigenvalue weighted by Crippen LogP contribution is 2.47. The van der Waals surface area contributed by atoms with Crippen LogP contribution in [-0.4, -0.2) is 28.4 Å². The van der Waals surface area contributed by atoms with Crippen LogP contribution in [0, 0.1) is 6.92 Å². The Balaban J connectivity index is 1.29. The van der Waals surface area contributed by atoms with Crippen molar-refractivity contribution in [3.8, 4) is 11.5 Å². The first kappa shape index (κ1) is 16.9. The number of aromatic nitrogens is 2. The zero-order valence-corrected chi connectivity index (χ0v) is 15.2. The van der Waals surface area contributed by atoms with Crippen LogP contribution in [0.1, 0.15) is 24.2 Å². The first-order chi connectivity index (χ1) is 12.7. The van der Waals surface area contributed by atoms with E-state index in [4.69, 9.17) is 8.83 Å². The Bertz CT molecular complexity index is 900. The van der Waals surface area contributed by atoms with Crippen molar-refractivity contribution in [3.63, 3.8) is 0 Å². The maximum Gasteiger partial charge on any atom is 0.277 e. The third-order valence-corrected chi connectivity index (χ3v) is 5.50. The number of carbonyl (C=O) groups excluding carboxylic acids is 1. The molecule has 2 heterocycles. The maximum absolute atomic E-state index is 12.2. The van der Waals surface area contributed by atoms with Gasteiger partial charge < -0.3 is 14.2 Å². The summed E-state index contributed by atoms with van der Waals surface area (Å²) in [5.74, 6) is 1.34. The van der Waals surface area contributed by atoms with Crippen LogP contribution in [0.4, 0.5) is 0 Å². The van der Waals surface area contributed by atoms with Gasteiger partial charge in [0, 0.05) is 12.0 Å². The largest absolute Gasteiger partial charge is 0.469 e. The fourth-order valence-electron chi connectivity index (χ4n) is 2.94. The minimum Gasteiger partial charge on any atom is -0.469 e. The zero-order chi connectivity index (χ0) is 18.0. The van der Waals surface area contributed by atoms with E-state index in [1.54, 1.807) is 12.3 Å². The van der Waals surface area contributed by atoms with Crippen LogP contribution >= 0.6 is 11.8 Å². The lowest BCUT2D eigenvalue weighted by molar-refractivity contribution is -0.118. The molecule has 0 spiro atoms. The molecule has 1 N–H and O–H groups in total. The zero-order valence-electron chi connectivity index (χ0n) is 14.4. The summed E-state index contributed by atoms with van der Waals surface area (Å²) >= 11 is 1.24. The first-order valence-corrected chi connectivity index (χ1v) is 9.48. The number of carbonyl (C=O) groups is 1. The van der Waals surface area contributed by atoms with Gasteiger partial charge in [-0.15, -0.1) is 10.2 Å². The Kier molecular flexibility index (Phi) is 4.55. The normalized spacial score (nSPS) is 15.0. The van der Waals surface area contributed by atoms with E-state index in [0.29, 0.717) is 17.7 Å².